The number of thiophene rings is 1. The van der Waals surface area contributed by atoms with Crippen molar-refractivity contribution in [1.82, 2.24) is 4.72 Å². The highest BCUT2D eigenvalue weighted by molar-refractivity contribution is 7.91. The van der Waals surface area contributed by atoms with Gasteiger partial charge in [0.2, 0.25) is 0 Å². The number of benzene rings is 1. The quantitative estimate of drug-likeness (QED) is 0.610. The van der Waals surface area contributed by atoms with E-state index in [1.807, 2.05) is 0 Å². The van der Waals surface area contributed by atoms with Crippen molar-refractivity contribution in [1.29, 1.82) is 0 Å². The van der Waals surface area contributed by atoms with E-state index in [0.29, 0.717) is 17.7 Å². The maximum absolute atomic E-state index is 12.4. The lowest BCUT2D eigenvalue weighted by atomic mass is 10.0. The van der Waals surface area contributed by atoms with Crippen LogP contribution < -0.4 is 4.72 Å². The number of hydrogen-bond acceptors (Lipinski definition) is 4. The molecule has 1 N–H and O–H groups in total. The molecule has 1 aromatic carbocycles. The van der Waals surface area contributed by atoms with Crippen LogP contribution in [0.3, 0.4) is 0 Å². The molecule has 1 aromatic heterocycles. The molecule has 0 unspecified atom stereocenters. The highest BCUT2D eigenvalue weighted by Gasteiger charge is 2.21. The standard InChI is InChI=1S/C15H14ClNO3S2/c16-13-6-3-5-12(11-13)14(7-1-2-9-18)17-22(19,20)15-8-4-10-21-15/h1-6,8-11,14,17H,7H2/b2-1+/t14-/m1/s1. The summed E-state index contributed by atoms with van der Waals surface area (Å²) in [5, 5.41) is 2.23. The smallest absolute Gasteiger partial charge is 0.250 e. The highest BCUT2D eigenvalue weighted by Crippen LogP contribution is 2.24. The van der Waals surface area contributed by atoms with Gasteiger partial charge in [-0.1, -0.05) is 35.9 Å². The predicted molar refractivity (Wildman–Crippen MR) is 88.7 cm³/mol. The molecular weight excluding hydrogens is 342 g/mol. The number of nitrogens with one attached hydrogen (secondary N) is 1. The van der Waals surface area contributed by atoms with Crippen LogP contribution in [0.5, 0.6) is 0 Å². The fourth-order valence-corrected chi connectivity index (χ4v) is 4.35. The van der Waals surface area contributed by atoms with Crippen molar-refractivity contribution in [3.63, 3.8) is 0 Å². The van der Waals surface area contributed by atoms with Gasteiger partial charge in [-0.25, -0.2) is 13.1 Å². The summed E-state index contributed by atoms with van der Waals surface area (Å²) in [5.41, 5.74) is 0.739. The lowest BCUT2D eigenvalue weighted by molar-refractivity contribution is -0.104. The summed E-state index contributed by atoms with van der Waals surface area (Å²) in [5.74, 6) is 0. The van der Waals surface area contributed by atoms with Crippen LogP contribution in [0.25, 0.3) is 0 Å². The van der Waals surface area contributed by atoms with E-state index in [-0.39, 0.29) is 4.21 Å². The van der Waals surface area contributed by atoms with Crippen LogP contribution >= 0.6 is 22.9 Å². The van der Waals surface area contributed by atoms with E-state index < -0.39 is 16.1 Å². The number of sulfonamides is 1. The maximum Gasteiger partial charge on any atom is 0.250 e. The summed E-state index contributed by atoms with van der Waals surface area (Å²) in [6, 6.07) is 9.70. The minimum Gasteiger partial charge on any atom is -0.299 e. The van der Waals surface area contributed by atoms with Gasteiger partial charge in [0.1, 0.15) is 10.5 Å². The number of rotatable bonds is 7. The normalized spacial score (nSPS) is 13.3. The molecule has 0 aliphatic carbocycles. The summed E-state index contributed by atoms with van der Waals surface area (Å²) in [7, 11) is -3.61. The lowest BCUT2D eigenvalue weighted by Gasteiger charge is -2.17. The molecule has 4 nitrogen and oxygen atoms in total. The van der Waals surface area contributed by atoms with Crippen molar-refractivity contribution < 1.29 is 13.2 Å². The SMILES string of the molecule is O=C/C=C/C[C@@H](NS(=O)(=O)c1cccs1)c1cccc(Cl)c1. The number of aldehydes is 1. The number of allylic oxidation sites excluding steroid dienone is 1. The van der Waals surface area contributed by atoms with Gasteiger partial charge >= 0.3 is 0 Å². The van der Waals surface area contributed by atoms with Gasteiger partial charge in [-0.3, -0.25) is 4.79 Å². The third-order valence-corrected chi connectivity index (χ3v) is 6.00. The average Bonchev–Trinajstić information content (AvgIpc) is 3.01. The Morgan fingerprint density at radius 2 is 2.09 bits per heavy atom. The number of hydrogen-bond donors (Lipinski definition) is 1. The van der Waals surface area contributed by atoms with Crippen LogP contribution in [0, 0.1) is 0 Å². The van der Waals surface area contributed by atoms with Gasteiger partial charge in [-0.15, -0.1) is 11.3 Å². The molecule has 0 amide bonds. The number of halogens is 1. The van der Waals surface area contributed by atoms with Gasteiger partial charge in [0.05, 0.1) is 6.04 Å². The molecule has 116 valence electrons. The minimum absolute atomic E-state index is 0.249. The van der Waals surface area contributed by atoms with Gasteiger partial charge in [0.25, 0.3) is 10.0 Å². The first-order valence-electron chi connectivity index (χ1n) is 6.44. The molecule has 7 heteroatoms. The van der Waals surface area contributed by atoms with Crippen molar-refractivity contribution in [3.05, 3.63) is 64.5 Å². The molecule has 22 heavy (non-hydrogen) atoms. The molecule has 0 radical (unpaired) electrons. The largest absolute Gasteiger partial charge is 0.299 e. The second-order valence-electron chi connectivity index (χ2n) is 4.46. The Kier molecular flexibility index (Phi) is 5.90. The van der Waals surface area contributed by atoms with Crippen LogP contribution in [0.1, 0.15) is 18.0 Å². The molecule has 2 rings (SSSR count). The van der Waals surface area contributed by atoms with E-state index in [9.17, 15) is 13.2 Å². The van der Waals surface area contributed by atoms with E-state index in [1.54, 1.807) is 47.9 Å². The molecular formula is C15H14ClNO3S2. The molecule has 1 atom stereocenters. The topological polar surface area (TPSA) is 63.2 Å². The lowest BCUT2D eigenvalue weighted by Crippen LogP contribution is -2.27. The van der Waals surface area contributed by atoms with Crippen LogP contribution in [0.4, 0.5) is 0 Å². The monoisotopic (exact) mass is 355 g/mol. The van der Waals surface area contributed by atoms with Crippen molar-refractivity contribution in [3.8, 4) is 0 Å². The van der Waals surface area contributed by atoms with E-state index in [4.69, 9.17) is 11.6 Å². The summed E-state index contributed by atoms with van der Waals surface area (Å²) in [4.78, 5) is 10.4. The molecule has 0 aliphatic heterocycles. The Morgan fingerprint density at radius 1 is 1.27 bits per heavy atom. The molecule has 0 saturated heterocycles. The second-order valence-corrected chi connectivity index (χ2v) is 7.79. The zero-order chi connectivity index (χ0) is 16.0. The van der Waals surface area contributed by atoms with E-state index in [1.165, 1.54) is 6.08 Å². The molecule has 0 spiro atoms. The predicted octanol–water partition coefficient (Wildman–Crippen LogP) is 3.57. The Morgan fingerprint density at radius 3 is 2.73 bits per heavy atom. The maximum atomic E-state index is 12.4. The first-order chi connectivity index (χ1) is 10.5. The van der Waals surface area contributed by atoms with Crippen LogP contribution in [-0.2, 0) is 14.8 Å². The number of carbonyl (C=O) groups excluding carboxylic acids is 1. The number of carbonyl (C=O) groups is 1. The summed E-state index contributed by atoms with van der Waals surface area (Å²) in [6.07, 6.45) is 3.97. The fraction of sp³-hybridized carbons (Fsp3) is 0.133. The van der Waals surface area contributed by atoms with Crippen molar-refractivity contribution in [2.24, 2.45) is 0 Å². The summed E-state index contributed by atoms with van der Waals surface area (Å²) >= 11 is 7.12. The molecule has 1 heterocycles. The van der Waals surface area contributed by atoms with E-state index >= 15 is 0 Å². The van der Waals surface area contributed by atoms with E-state index in [0.717, 1.165) is 16.9 Å². The highest BCUT2D eigenvalue weighted by atomic mass is 35.5. The molecule has 0 aliphatic rings. The van der Waals surface area contributed by atoms with Crippen LogP contribution in [0.15, 0.2) is 58.1 Å². The molecule has 0 bridgehead atoms. The van der Waals surface area contributed by atoms with Gasteiger partial charge in [0, 0.05) is 5.02 Å². The van der Waals surface area contributed by atoms with Gasteiger partial charge < -0.3 is 0 Å². The first kappa shape index (κ1) is 16.9. The first-order valence-corrected chi connectivity index (χ1v) is 9.18. The Bertz CT molecular complexity index is 755. The molecule has 0 saturated carbocycles. The van der Waals surface area contributed by atoms with Crippen LogP contribution in [-0.4, -0.2) is 14.7 Å². The van der Waals surface area contributed by atoms with Crippen LogP contribution in [0.2, 0.25) is 5.02 Å². The Hall–Kier alpha value is -1.47. The minimum atomic E-state index is -3.61. The molecule has 2 aromatic rings. The summed E-state index contributed by atoms with van der Waals surface area (Å²) in [6.45, 7) is 0. The van der Waals surface area contributed by atoms with Crippen molar-refractivity contribution >= 4 is 39.2 Å². The fourth-order valence-electron chi connectivity index (χ4n) is 1.91. The second kappa shape index (κ2) is 7.69. The van der Waals surface area contributed by atoms with Gasteiger partial charge in [0.15, 0.2) is 0 Å². The summed E-state index contributed by atoms with van der Waals surface area (Å²) < 4.78 is 27.6. The van der Waals surface area contributed by atoms with Gasteiger partial charge in [-0.05, 0) is 41.6 Å². The van der Waals surface area contributed by atoms with E-state index in [2.05, 4.69) is 4.72 Å². The average molecular weight is 356 g/mol. The molecule has 0 fully saturated rings. The Labute approximate surface area is 138 Å². The van der Waals surface area contributed by atoms with Crippen molar-refractivity contribution in [2.75, 3.05) is 0 Å². The van der Waals surface area contributed by atoms with Crippen molar-refractivity contribution in [2.45, 2.75) is 16.7 Å². The third kappa shape index (κ3) is 4.51. The zero-order valence-corrected chi connectivity index (χ0v) is 13.9. The van der Waals surface area contributed by atoms with Gasteiger partial charge in [-0.2, -0.15) is 0 Å². The third-order valence-electron chi connectivity index (χ3n) is 2.89. The Balaban J connectivity index is 2.28. The zero-order valence-electron chi connectivity index (χ0n) is 11.5.